The Balaban J connectivity index is 1.84. The molecular formula is C14H26N2OS. The van der Waals surface area contributed by atoms with Gasteiger partial charge in [0.05, 0.1) is 5.41 Å². The second-order valence-electron chi connectivity index (χ2n) is 6.11. The molecule has 0 aromatic rings. The van der Waals surface area contributed by atoms with Gasteiger partial charge >= 0.3 is 0 Å². The first kappa shape index (κ1) is 14.2. The Morgan fingerprint density at radius 1 is 1.39 bits per heavy atom. The van der Waals surface area contributed by atoms with Crippen molar-refractivity contribution in [1.82, 2.24) is 5.32 Å². The minimum atomic E-state index is -0.266. The van der Waals surface area contributed by atoms with E-state index in [0.29, 0.717) is 12.5 Å². The summed E-state index contributed by atoms with van der Waals surface area (Å²) in [7, 11) is 0. The molecular weight excluding hydrogens is 244 g/mol. The Morgan fingerprint density at radius 2 is 2.11 bits per heavy atom. The third-order valence-corrected chi connectivity index (χ3v) is 5.91. The molecule has 1 atom stereocenters. The van der Waals surface area contributed by atoms with E-state index in [4.69, 9.17) is 5.73 Å². The molecule has 0 aromatic heterocycles. The van der Waals surface area contributed by atoms with E-state index in [1.807, 2.05) is 11.8 Å². The summed E-state index contributed by atoms with van der Waals surface area (Å²) in [6, 6.07) is 0. The average Bonchev–Trinajstić information content (AvgIpc) is 2.90. The predicted molar refractivity (Wildman–Crippen MR) is 77.6 cm³/mol. The highest BCUT2D eigenvalue weighted by Gasteiger charge is 2.39. The van der Waals surface area contributed by atoms with Crippen LogP contribution >= 0.6 is 11.8 Å². The van der Waals surface area contributed by atoms with E-state index < -0.39 is 0 Å². The molecule has 1 saturated heterocycles. The highest BCUT2D eigenvalue weighted by atomic mass is 32.2. The van der Waals surface area contributed by atoms with Gasteiger partial charge in [0.1, 0.15) is 0 Å². The van der Waals surface area contributed by atoms with Crippen molar-refractivity contribution in [3.63, 3.8) is 0 Å². The molecule has 4 heteroatoms. The molecule has 3 N–H and O–H groups in total. The first-order valence-corrected chi connectivity index (χ1v) is 8.38. The summed E-state index contributed by atoms with van der Waals surface area (Å²) in [6.45, 7) is 3.63. The van der Waals surface area contributed by atoms with Gasteiger partial charge in [-0.15, -0.1) is 0 Å². The number of rotatable bonds is 4. The topological polar surface area (TPSA) is 55.1 Å². The summed E-state index contributed by atoms with van der Waals surface area (Å²) in [5, 5.41) is 3.17. The number of nitrogens with one attached hydrogen (secondary N) is 1. The van der Waals surface area contributed by atoms with Crippen LogP contribution in [0, 0.1) is 17.3 Å². The van der Waals surface area contributed by atoms with Gasteiger partial charge in [-0.2, -0.15) is 11.8 Å². The van der Waals surface area contributed by atoms with Gasteiger partial charge in [0, 0.05) is 13.1 Å². The molecule has 1 aliphatic heterocycles. The number of amides is 1. The molecule has 0 spiro atoms. The lowest BCUT2D eigenvalue weighted by atomic mass is 9.70. The fourth-order valence-electron chi connectivity index (χ4n) is 3.01. The number of carbonyl (C=O) groups excluding carboxylic acids is 1. The van der Waals surface area contributed by atoms with Crippen LogP contribution in [0.1, 0.15) is 39.0 Å². The molecule has 104 valence electrons. The van der Waals surface area contributed by atoms with Gasteiger partial charge in [-0.25, -0.2) is 0 Å². The molecule has 1 amide bonds. The van der Waals surface area contributed by atoms with Crippen molar-refractivity contribution in [2.75, 3.05) is 24.6 Å². The standard InChI is InChI=1S/C14H26N2OS/c1-11-2-5-14(10-15,6-3-11)13(17)16-8-12-4-7-18-9-12/h11-12H,2-10,15H2,1H3,(H,16,17). The van der Waals surface area contributed by atoms with E-state index in [0.717, 1.165) is 38.1 Å². The number of hydrogen-bond donors (Lipinski definition) is 2. The third kappa shape index (κ3) is 3.21. The number of carbonyl (C=O) groups is 1. The van der Waals surface area contributed by atoms with Crippen molar-refractivity contribution >= 4 is 17.7 Å². The summed E-state index contributed by atoms with van der Waals surface area (Å²) in [6.07, 6.45) is 5.47. The van der Waals surface area contributed by atoms with Crippen molar-refractivity contribution in [3.8, 4) is 0 Å². The Bertz CT molecular complexity index is 282. The van der Waals surface area contributed by atoms with Crippen LogP contribution in [0.2, 0.25) is 0 Å². The minimum Gasteiger partial charge on any atom is -0.355 e. The number of hydrogen-bond acceptors (Lipinski definition) is 3. The van der Waals surface area contributed by atoms with Crippen LogP contribution in [0.4, 0.5) is 0 Å². The number of thioether (sulfide) groups is 1. The van der Waals surface area contributed by atoms with Crippen molar-refractivity contribution in [2.45, 2.75) is 39.0 Å². The predicted octanol–water partition coefficient (Wildman–Crippen LogP) is 2.01. The normalized spacial score (nSPS) is 36.6. The Labute approximate surface area is 115 Å². The first-order valence-electron chi connectivity index (χ1n) is 7.22. The van der Waals surface area contributed by atoms with Crippen LogP contribution in [-0.4, -0.2) is 30.5 Å². The summed E-state index contributed by atoms with van der Waals surface area (Å²) in [5.74, 6) is 4.10. The smallest absolute Gasteiger partial charge is 0.227 e. The lowest BCUT2D eigenvalue weighted by Gasteiger charge is -2.37. The van der Waals surface area contributed by atoms with Crippen molar-refractivity contribution in [2.24, 2.45) is 23.0 Å². The van der Waals surface area contributed by atoms with Gasteiger partial charge in [0.15, 0.2) is 0 Å². The lowest BCUT2D eigenvalue weighted by Crippen LogP contribution is -2.48. The zero-order chi connectivity index (χ0) is 13.0. The molecule has 18 heavy (non-hydrogen) atoms. The SMILES string of the molecule is CC1CCC(CN)(C(=O)NCC2CCSC2)CC1. The molecule has 1 aliphatic carbocycles. The van der Waals surface area contributed by atoms with Crippen LogP contribution in [0.25, 0.3) is 0 Å². The third-order valence-electron chi connectivity index (χ3n) is 4.68. The molecule has 0 bridgehead atoms. The highest BCUT2D eigenvalue weighted by Crippen LogP contribution is 2.38. The maximum atomic E-state index is 12.4. The molecule has 2 fully saturated rings. The second-order valence-corrected chi connectivity index (χ2v) is 7.26. The van der Waals surface area contributed by atoms with E-state index in [1.165, 1.54) is 17.9 Å². The zero-order valence-corrected chi connectivity index (χ0v) is 12.2. The van der Waals surface area contributed by atoms with E-state index in [-0.39, 0.29) is 11.3 Å². The zero-order valence-electron chi connectivity index (χ0n) is 11.4. The van der Waals surface area contributed by atoms with Crippen LogP contribution in [-0.2, 0) is 4.79 Å². The van der Waals surface area contributed by atoms with Crippen molar-refractivity contribution in [3.05, 3.63) is 0 Å². The van der Waals surface area contributed by atoms with Crippen LogP contribution in [0.15, 0.2) is 0 Å². The Kier molecular flexibility index (Phi) is 4.96. The molecule has 1 heterocycles. The minimum absolute atomic E-state index is 0.216. The van der Waals surface area contributed by atoms with Crippen molar-refractivity contribution < 1.29 is 4.79 Å². The maximum Gasteiger partial charge on any atom is 0.227 e. The summed E-state index contributed by atoms with van der Waals surface area (Å²) in [4.78, 5) is 12.4. The molecule has 2 rings (SSSR count). The molecule has 0 radical (unpaired) electrons. The average molecular weight is 270 g/mol. The van der Waals surface area contributed by atoms with Gasteiger partial charge in [-0.1, -0.05) is 6.92 Å². The van der Waals surface area contributed by atoms with Crippen molar-refractivity contribution in [1.29, 1.82) is 0 Å². The number of nitrogens with two attached hydrogens (primary N) is 1. The molecule has 0 aromatic carbocycles. The van der Waals surface area contributed by atoms with Gasteiger partial charge < -0.3 is 11.1 Å². The van der Waals surface area contributed by atoms with E-state index in [2.05, 4.69) is 12.2 Å². The summed E-state index contributed by atoms with van der Waals surface area (Å²) in [5.41, 5.74) is 5.64. The fraction of sp³-hybridized carbons (Fsp3) is 0.929. The molecule has 2 aliphatic rings. The van der Waals surface area contributed by atoms with Gasteiger partial charge in [0.25, 0.3) is 0 Å². The largest absolute Gasteiger partial charge is 0.355 e. The maximum absolute atomic E-state index is 12.4. The molecule has 1 saturated carbocycles. The van der Waals surface area contributed by atoms with Gasteiger partial charge in [-0.3, -0.25) is 4.79 Å². The van der Waals surface area contributed by atoms with Gasteiger partial charge in [0.2, 0.25) is 5.91 Å². The van der Waals surface area contributed by atoms with E-state index >= 15 is 0 Å². The molecule has 3 nitrogen and oxygen atoms in total. The van der Waals surface area contributed by atoms with E-state index in [1.54, 1.807) is 0 Å². The fourth-order valence-corrected chi connectivity index (χ4v) is 4.29. The highest BCUT2D eigenvalue weighted by molar-refractivity contribution is 7.99. The Morgan fingerprint density at radius 3 is 2.67 bits per heavy atom. The van der Waals surface area contributed by atoms with Crippen LogP contribution in [0.3, 0.4) is 0 Å². The Hall–Kier alpha value is -0.220. The first-order chi connectivity index (χ1) is 8.66. The van der Waals surface area contributed by atoms with Crippen LogP contribution in [0.5, 0.6) is 0 Å². The van der Waals surface area contributed by atoms with E-state index in [9.17, 15) is 4.79 Å². The second kappa shape index (κ2) is 6.29. The molecule has 1 unspecified atom stereocenters. The quantitative estimate of drug-likeness (QED) is 0.821. The lowest BCUT2D eigenvalue weighted by molar-refractivity contribution is -0.133. The van der Waals surface area contributed by atoms with Gasteiger partial charge in [-0.05, 0) is 55.4 Å². The summed E-state index contributed by atoms with van der Waals surface area (Å²) >= 11 is 2.00. The monoisotopic (exact) mass is 270 g/mol. The van der Waals surface area contributed by atoms with Crippen LogP contribution < -0.4 is 11.1 Å². The summed E-state index contributed by atoms with van der Waals surface area (Å²) < 4.78 is 0.